The van der Waals surface area contributed by atoms with Gasteiger partial charge in [-0.1, -0.05) is 36.4 Å². The fourth-order valence-corrected chi connectivity index (χ4v) is 3.68. The summed E-state index contributed by atoms with van der Waals surface area (Å²) in [5, 5.41) is 12.3. The Morgan fingerprint density at radius 3 is 2.55 bits per heavy atom. The molecule has 2 atom stereocenters. The highest BCUT2D eigenvalue weighted by Gasteiger charge is 2.37. The minimum atomic E-state index is -0.965. The average molecular weight is 396 g/mol. The molecule has 152 valence electrons. The van der Waals surface area contributed by atoms with Gasteiger partial charge in [-0.05, 0) is 24.6 Å². The first-order valence-electron chi connectivity index (χ1n) is 9.53. The van der Waals surface area contributed by atoms with E-state index in [0.717, 1.165) is 0 Å². The van der Waals surface area contributed by atoms with Crippen LogP contribution < -0.4 is 15.0 Å². The number of rotatable bonds is 7. The molecule has 2 amide bonds. The van der Waals surface area contributed by atoms with Crippen LogP contribution in [-0.4, -0.2) is 36.0 Å². The number of ether oxygens (including phenoxy) is 1. The van der Waals surface area contributed by atoms with Gasteiger partial charge in [0.1, 0.15) is 11.7 Å². The van der Waals surface area contributed by atoms with E-state index in [1.165, 1.54) is 11.8 Å². The average Bonchev–Trinajstić information content (AvgIpc) is 3.08. The van der Waals surface area contributed by atoms with Crippen LogP contribution in [0.5, 0.6) is 5.75 Å². The van der Waals surface area contributed by atoms with Crippen molar-refractivity contribution < 1.29 is 24.2 Å². The lowest BCUT2D eigenvalue weighted by Gasteiger charge is -2.24. The second kappa shape index (κ2) is 8.77. The third kappa shape index (κ3) is 4.39. The van der Waals surface area contributed by atoms with Crippen molar-refractivity contribution in [1.29, 1.82) is 0 Å². The standard InChI is InChI=1S/C22H24N2O5/c1-3-29-20-11-7-5-9-16(20)18(23-14(2)25)12-21(26)24-13-17(22(27)28)15-8-4-6-10-19(15)24/h4-11,17-18H,3,12-13H2,1-2H3,(H,23,25)(H,27,28). The molecule has 2 unspecified atom stereocenters. The van der Waals surface area contributed by atoms with Crippen molar-refractivity contribution >= 4 is 23.5 Å². The summed E-state index contributed by atoms with van der Waals surface area (Å²) >= 11 is 0. The maximum Gasteiger partial charge on any atom is 0.312 e. The largest absolute Gasteiger partial charge is 0.494 e. The number of amides is 2. The van der Waals surface area contributed by atoms with E-state index in [0.29, 0.717) is 29.2 Å². The number of carboxylic acid groups (broad SMARTS) is 1. The lowest BCUT2D eigenvalue weighted by atomic mass is 10.0. The molecule has 2 N–H and O–H groups in total. The maximum absolute atomic E-state index is 13.2. The molecular formula is C22H24N2O5. The number of fused-ring (bicyclic) bond motifs is 1. The smallest absolute Gasteiger partial charge is 0.312 e. The number of hydrogen-bond donors (Lipinski definition) is 2. The third-order valence-corrected chi connectivity index (χ3v) is 4.92. The first-order chi connectivity index (χ1) is 13.9. The van der Waals surface area contributed by atoms with Crippen LogP contribution in [0.4, 0.5) is 5.69 Å². The van der Waals surface area contributed by atoms with Crippen molar-refractivity contribution in [2.45, 2.75) is 32.2 Å². The second-order valence-corrected chi connectivity index (χ2v) is 6.88. The van der Waals surface area contributed by atoms with Gasteiger partial charge in [0.05, 0.1) is 19.1 Å². The Bertz CT molecular complexity index is 927. The molecule has 2 aromatic carbocycles. The molecule has 0 radical (unpaired) electrons. The number of hydrogen-bond acceptors (Lipinski definition) is 4. The predicted molar refractivity (Wildman–Crippen MR) is 108 cm³/mol. The molecule has 2 aromatic rings. The summed E-state index contributed by atoms with van der Waals surface area (Å²) in [7, 11) is 0. The van der Waals surface area contributed by atoms with Crippen molar-refractivity contribution in [2.75, 3.05) is 18.1 Å². The van der Waals surface area contributed by atoms with E-state index in [1.54, 1.807) is 30.3 Å². The summed E-state index contributed by atoms with van der Waals surface area (Å²) in [5.41, 5.74) is 1.93. The molecule has 1 heterocycles. The Kier molecular flexibility index (Phi) is 6.16. The van der Waals surface area contributed by atoms with Gasteiger partial charge < -0.3 is 20.1 Å². The number of benzene rings is 2. The first-order valence-corrected chi connectivity index (χ1v) is 9.53. The van der Waals surface area contributed by atoms with Gasteiger partial charge in [-0.2, -0.15) is 0 Å². The molecule has 3 rings (SSSR count). The highest BCUT2D eigenvalue weighted by Crippen LogP contribution is 2.37. The summed E-state index contributed by atoms with van der Waals surface area (Å²) in [6.07, 6.45) is -0.00958. The highest BCUT2D eigenvalue weighted by atomic mass is 16.5. The van der Waals surface area contributed by atoms with E-state index in [4.69, 9.17) is 4.74 Å². The Labute approximate surface area is 169 Å². The number of para-hydroxylation sites is 2. The lowest BCUT2D eigenvalue weighted by Crippen LogP contribution is -2.36. The van der Waals surface area contributed by atoms with Gasteiger partial charge in [0.25, 0.3) is 0 Å². The van der Waals surface area contributed by atoms with Gasteiger partial charge in [-0.15, -0.1) is 0 Å². The maximum atomic E-state index is 13.2. The summed E-state index contributed by atoms with van der Waals surface area (Å²) in [4.78, 5) is 38.1. The molecule has 7 heteroatoms. The third-order valence-electron chi connectivity index (χ3n) is 4.92. The van der Waals surface area contributed by atoms with Gasteiger partial charge >= 0.3 is 5.97 Å². The predicted octanol–water partition coefficient (Wildman–Crippen LogP) is 2.87. The fraction of sp³-hybridized carbons (Fsp3) is 0.318. The van der Waals surface area contributed by atoms with Gasteiger partial charge in [0.2, 0.25) is 11.8 Å². The Hall–Kier alpha value is -3.35. The van der Waals surface area contributed by atoms with E-state index in [-0.39, 0.29) is 24.8 Å². The molecule has 1 aliphatic heterocycles. The number of carbonyl (C=O) groups is 3. The summed E-state index contributed by atoms with van der Waals surface area (Å²) < 4.78 is 5.66. The molecule has 0 spiro atoms. The van der Waals surface area contributed by atoms with Crippen LogP contribution >= 0.6 is 0 Å². The lowest BCUT2D eigenvalue weighted by molar-refractivity contribution is -0.138. The van der Waals surface area contributed by atoms with Crippen LogP contribution in [0.25, 0.3) is 0 Å². The molecule has 0 aliphatic carbocycles. The van der Waals surface area contributed by atoms with Gasteiger partial charge in [-0.25, -0.2) is 0 Å². The molecule has 0 saturated heterocycles. The number of carbonyl (C=O) groups excluding carboxylic acids is 2. The molecule has 0 saturated carbocycles. The molecule has 29 heavy (non-hydrogen) atoms. The number of carboxylic acids is 1. The van der Waals surface area contributed by atoms with Gasteiger partial charge in [0.15, 0.2) is 0 Å². The van der Waals surface area contributed by atoms with Crippen molar-refractivity contribution in [3.05, 3.63) is 59.7 Å². The second-order valence-electron chi connectivity index (χ2n) is 6.88. The molecule has 0 aromatic heterocycles. The number of aliphatic carboxylic acids is 1. The minimum Gasteiger partial charge on any atom is -0.494 e. The molecule has 0 fully saturated rings. The van der Waals surface area contributed by atoms with Gasteiger partial charge in [-0.3, -0.25) is 14.4 Å². The van der Waals surface area contributed by atoms with Gasteiger partial charge in [0, 0.05) is 24.7 Å². The van der Waals surface area contributed by atoms with E-state index in [9.17, 15) is 19.5 Å². The summed E-state index contributed by atoms with van der Waals surface area (Å²) in [6, 6.07) is 13.7. The zero-order valence-electron chi connectivity index (χ0n) is 16.4. The summed E-state index contributed by atoms with van der Waals surface area (Å²) in [5.74, 6) is -1.64. The Morgan fingerprint density at radius 2 is 1.86 bits per heavy atom. The van der Waals surface area contributed by atoms with Crippen LogP contribution in [0.1, 0.15) is 43.4 Å². The first kappa shape index (κ1) is 20.4. The van der Waals surface area contributed by atoms with E-state index < -0.39 is 17.9 Å². The Morgan fingerprint density at radius 1 is 1.17 bits per heavy atom. The van der Waals surface area contributed by atoms with E-state index in [1.807, 2.05) is 25.1 Å². The normalized spacial score (nSPS) is 16.1. The molecule has 0 bridgehead atoms. The Balaban J connectivity index is 1.89. The zero-order chi connectivity index (χ0) is 21.0. The van der Waals surface area contributed by atoms with E-state index in [2.05, 4.69) is 5.32 Å². The molecule has 1 aliphatic rings. The molecule has 7 nitrogen and oxygen atoms in total. The minimum absolute atomic E-state index is 0.00958. The SMILES string of the molecule is CCOc1ccccc1C(CC(=O)N1CC(C(=O)O)c2ccccc21)NC(C)=O. The van der Waals surface area contributed by atoms with E-state index >= 15 is 0 Å². The summed E-state index contributed by atoms with van der Waals surface area (Å²) in [6.45, 7) is 3.79. The van der Waals surface area contributed by atoms with Crippen molar-refractivity contribution in [1.82, 2.24) is 5.32 Å². The van der Waals surface area contributed by atoms with Crippen LogP contribution in [0.15, 0.2) is 48.5 Å². The van der Waals surface area contributed by atoms with Crippen molar-refractivity contribution in [3.8, 4) is 5.75 Å². The fourth-order valence-electron chi connectivity index (χ4n) is 3.68. The van der Waals surface area contributed by atoms with Crippen LogP contribution in [0.2, 0.25) is 0 Å². The van der Waals surface area contributed by atoms with Crippen LogP contribution in [-0.2, 0) is 14.4 Å². The zero-order valence-corrected chi connectivity index (χ0v) is 16.4. The highest BCUT2D eigenvalue weighted by molar-refractivity contribution is 5.99. The van der Waals surface area contributed by atoms with Crippen molar-refractivity contribution in [2.24, 2.45) is 0 Å². The molecular weight excluding hydrogens is 372 g/mol. The monoisotopic (exact) mass is 396 g/mol. The quantitative estimate of drug-likeness (QED) is 0.750. The topological polar surface area (TPSA) is 95.9 Å². The number of nitrogens with one attached hydrogen (secondary N) is 1. The van der Waals surface area contributed by atoms with Crippen molar-refractivity contribution in [3.63, 3.8) is 0 Å². The number of nitrogens with zero attached hydrogens (tertiary/aromatic N) is 1. The van der Waals surface area contributed by atoms with Crippen LogP contribution in [0.3, 0.4) is 0 Å². The van der Waals surface area contributed by atoms with Crippen LogP contribution in [0, 0.1) is 0 Å². The number of anilines is 1.